The van der Waals surface area contributed by atoms with Crippen molar-refractivity contribution >= 4 is 9.84 Å². The highest BCUT2D eigenvalue weighted by molar-refractivity contribution is 7.91. The van der Waals surface area contributed by atoms with Gasteiger partial charge in [0.05, 0.1) is 17.7 Å². The third-order valence-corrected chi connectivity index (χ3v) is 5.92. The van der Waals surface area contributed by atoms with E-state index in [1.165, 1.54) is 5.56 Å². The first-order chi connectivity index (χ1) is 11.0. The van der Waals surface area contributed by atoms with Crippen LogP contribution in [0.5, 0.6) is 5.75 Å². The molecule has 0 amide bonds. The van der Waals surface area contributed by atoms with Crippen LogP contribution in [-0.4, -0.2) is 34.9 Å². The average molecular weight is 335 g/mol. The minimum atomic E-state index is -2.80. The van der Waals surface area contributed by atoms with Gasteiger partial charge in [-0.1, -0.05) is 22.9 Å². The van der Waals surface area contributed by atoms with Gasteiger partial charge in [-0.05, 0) is 37.8 Å². The van der Waals surface area contributed by atoms with Crippen molar-refractivity contribution in [2.24, 2.45) is 5.92 Å². The smallest absolute Gasteiger partial charge is 0.150 e. The molecular weight excluding hydrogens is 314 g/mol. The number of ether oxygens (including phenoxy) is 1. The molecule has 1 aliphatic heterocycles. The highest BCUT2D eigenvalue weighted by atomic mass is 32.2. The van der Waals surface area contributed by atoms with E-state index in [-0.39, 0.29) is 5.92 Å². The molecule has 1 unspecified atom stereocenters. The Kier molecular flexibility index (Phi) is 4.66. The van der Waals surface area contributed by atoms with Gasteiger partial charge in [-0.2, -0.15) is 0 Å². The fourth-order valence-corrected chi connectivity index (χ4v) is 4.63. The Labute approximate surface area is 136 Å². The Hall–Kier alpha value is -1.89. The molecule has 0 radical (unpaired) electrons. The van der Waals surface area contributed by atoms with E-state index in [0.29, 0.717) is 24.7 Å². The number of hydrogen-bond donors (Lipinski definition) is 0. The van der Waals surface area contributed by atoms with Crippen LogP contribution in [0.25, 0.3) is 0 Å². The Morgan fingerprint density at radius 1 is 1.30 bits per heavy atom. The van der Waals surface area contributed by atoms with Gasteiger partial charge in [0.15, 0.2) is 9.84 Å². The first kappa shape index (κ1) is 16.0. The van der Waals surface area contributed by atoms with E-state index in [2.05, 4.69) is 10.3 Å². The van der Waals surface area contributed by atoms with Crippen LogP contribution >= 0.6 is 0 Å². The van der Waals surface area contributed by atoms with E-state index in [1.807, 2.05) is 37.4 Å². The molecule has 7 heteroatoms. The highest BCUT2D eigenvalue weighted by Gasteiger charge is 2.27. The standard InChI is InChI=1S/C16H21N3O3S/c1-13-2-4-16(5-3-13)22-11-15-10-19(18-17-15)8-6-14-7-9-23(20,21)12-14/h2-5,10,14H,6-9,11-12H2,1H3. The van der Waals surface area contributed by atoms with Gasteiger partial charge < -0.3 is 4.74 Å². The largest absolute Gasteiger partial charge is 0.487 e. The molecular formula is C16H21N3O3S. The zero-order valence-corrected chi connectivity index (χ0v) is 14.0. The summed E-state index contributed by atoms with van der Waals surface area (Å²) >= 11 is 0. The zero-order valence-electron chi connectivity index (χ0n) is 13.2. The lowest BCUT2D eigenvalue weighted by Crippen LogP contribution is -2.09. The van der Waals surface area contributed by atoms with E-state index >= 15 is 0 Å². The first-order valence-corrected chi connectivity index (χ1v) is 9.61. The number of rotatable bonds is 6. The summed E-state index contributed by atoms with van der Waals surface area (Å²) in [6.07, 6.45) is 3.44. The molecule has 1 saturated heterocycles. The van der Waals surface area contributed by atoms with Gasteiger partial charge in [0, 0.05) is 6.54 Å². The summed E-state index contributed by atoms with van der Waals surface area (Å²) in [4.78, 5) is 0. The molecule has 0 aliphatic carbocycles. The van der Waals surface area contributed by atoms with E-state index < -0.39 is 9.84 Å². The van der Waals surface area contributed by atoms with Crippen LogP contribution in [-0.2, 0) is 23.0 Å². The minimum absolute atomic E-state index is 0.247. The van der Waals surface area contributed by atoms with Crippen LogP contribution in [0.1, 0.15) is 24.1 Å². The summed E-state index contributed by atoms with van der Waals surface area (Å²) in [5.41, 5.74) is 1.96. The summed E-state index contributed by atoms with van der Waals surface area (Å²) in [5.74, 6) is 1.69. The Morgan fingerprint density at radius 3 is 2.78 bits per heavy atom. The number of sulfone groups is 1. The number of nitrogens with zero attached hydrogens (tertiary/aromatic N) is 3. The van der Waals surface area contributed by atoms with E-state index in [4.69, 9.17) is 4.74 Å². The van der Waals surface area contributed by atoms with Gasteiger partial charge in [0.2, 0.25) is 0 Å². The van der Waals surface area contributed by atoms with Crippen LogP contribution in [0.2, 0.25) is 0 Å². The summed E-state index contributed by atoms with van der Waals surface area (Å²) < 4.78 is 30.3. The molecule has 0 spiro atoms. The molecule has 124 valence electrons. The van der Waals surface area contributed by atoms with Crippen LogP contribution in [0.15, 0.2) is 30.5 Å². The molecule has 6 nitrogen and oxygen atoms in total. The maximum absolute atomic E-state index is 11.4. The predicted octanol–water partition coefficient (Wildman–Crippen LogP) is 1.99. The monoisotopic (exact) mass is 335 g/mol. The molecule has 1 aromatic heterocycles. The lowest BCUT2D eigenvalue weighted by molar-refractivity contribution is 0.301. The number of aryl methyl sites for hydroxylation is 2. The number of aromatic nitrogens is 3. The molecule has 3 rings (SSSR count). The summed E-state index contributed by atoms with van der Waals surface area (Å²) in [6, 6.07) is 7.87. The van der Waals surface area contributed by atoms with Gasteiger partial charge >= 0.3 is 0 Å². The molecule has 1 aliphatic rings. The van der Waals surface area contributed by atoms with Crippen molar-refractivity contribution in [3.8, 4) is 5.75 Å². The van der Waals surface area contributed by atoms with Crippen LogP contribution in [0.4, 0.5) is 0 Å². The van der Waals surface area contributed by atoms with E-state index in [0.717, 1.165) is 24.3 Å². The third kappa shape index (κ3) is 4.54. The summed E-state index contributed by atoms with van der Waals surface area (Å²) in [5, 5.41) is 8.17. The maximum Gasteiger partial charge on any atom is 0.150 e. The lowest BCUT2D eigenvalue weighted by Gasteiger charge is -2.06. The van der Waals surface area contributed by atoms with Gasteiger partial charge in [-0.25, -0.2) is 8.42 Å². The average Bonchev–Trinajstić information content (AvgIpc) is 3.11. The van der Waals surface area contributed by atoms with E-state index in [9.17, 15) is 8.42 Å². The fraction of sp³-hybridized carbons (Fsp3) is 0.500. The SMILES string of the molecule is Cc1ccc(OCc2cn(CCC3CCS(=O)(=O)C3)nn2)cc1. The third-order valence-electron chi connectivity index (χ3n) is 4.09. The molecule has 1 aromatic carbocycles. The second-order valence-electron chi connectivity index (χ2n) is 6.13. The molecule has 23 heavy (non-hydrogen) atoms. The van der Waals surface area contributed by atoms with Crippen molar-refractivity contribution in [3.63, 3.8) is 0 Å². The van der Waals surface area contributed by atoms with Crippen molar-refractivity contribution in [2.45, 2.75) is 32.9 Å². The summed E-state index contributed by atoms with van der Waals surface area (Å²) in [7, 11) is -2.80. The number of benzene rings is 1. The molecule has 2 heterocycles. The molecule has 1 atom stereocenters. The van der Waals surface area contributed by atoms with Crippen molar-refractivity contribution in [2.75, 3.05) is 11.5 Å². The van der Waals surface area contributed by atoms with Gasteiger partial charge in [-0.15, -0.1) is 5.10 Å². The van der Waals surface area contributed by atoms with Crippen LogP contribution in [0, 0.1) is 12.8 Å². The van der Waals surface area contributed by atoms with Crippen molar-refractivity contribution in [1.29, 1.82) is 0 Å². The molecule has 0 bridgehead atoms. The van der Waals surface area contributed by atoms with Crippen LogP contribution in [0.3, 0.4) is 0 Å². The Bertz CT molecular complexity index is 753. The van der Waals surface area contributed by atoms with Gasteiger partial charge in [0.1, 0.15) is 18.1 Å². The molecule has 2 aromatic rings. The minimum Gasteiger partial charge on any atom is -0.487 e. The second kappa shape index (κ2) is 6.70. The maximum atomic E-state index is 11.4. The van der Waals surface area contributed by atoms with Crippen molar-refractivity contribution < 1.29 is 13.2 Å². The number of hydrogen-bond acceptors (Lipinski definition) is 5. The highest BCUT2D eigenvalue weighted by Crippen LogP contribution is 2.22. The summed E-state index contributed by atoms with van der Waals surface area (Å²) in [6.45, 7) is 3.10. The molecule has 0 N–H and O–H groups in total. The van der Waals surface area contributed by atoms with Crippen LogP contribution < -0.4 is 4.74 Å². The Morgan fingerprint density at radius 2 is 2.09 bits per heavy atom. The predicted molar refractivity (Wildman–Crippen MR) is 86.9 cm³/mol. The first-order valence-electron chi connectivity index (χ1n) is 7.79. The van der Waals surface area contributed by atoms with Crippen molar-refractivity contribution in [1.82, 2.24) is 15.0 Å². The van der Waals surface area contributed by atoms with Crippen molar-refractivity contribution in [3.05, 3.63) is 41.7 Å². The molecule has 0 saturated carbocycles. The van der Waals surface area contributed by atoms with Gasteiger partial charge in [-0.3, -0.25) is 4.68 Å². The Balaban J connectivity index is 1.47. The fourth-order valence-electron chi connectivity index (χ4n) is 2.72. The normalized spacial score (nSPS) is 19.8. The van der Waals surface area contributed by atoms with E-state index in [1.54, 1.807) is 4.68 Å². The van der Waals surface area contributed by atoms with Gasteiger partial charge in [0.25, 0.3) is 0 Å². The topological polar surface area (TPSA) is 74.1 Å². The molecule has 1 fully saturated rings. The lowest BCUT2D eigenvalue weighted by atomic mass is 10.1. The quantitative estimate of drug-likeness (QED) is 0.807. The zero-order chi connectivity index (χ0) is 16.3. The second-order valence-corrected chi connectivity index (χ2v) is 8.36.